The number of rotatable bonds is 7. The molecule has 2 aromatic rings. The van der Waals surface area contributed by atoms with Crippen molar-refractivity contribution < 1.29 is 0 Å². The fourth-order valence-corrected chi connectivity index (χ4v) is 2.82. The van der Waals surface area contributed by atoms with E-state index in [0.29, 0.717) is 0 Å². The molecule has 0 unspecified atom stereocenters. The van der Waals surface area contributed by atoms with E-state index >= 15 is 0 Å². The van der Waals surface area contributed by atoms with Crippen LogP contribution < -0.4 is 0 Å². The zero-order chi connectivity index (χ0) is 12.6. The predicted molar refractivity (Wildman–Crippen MR) is 77.8 cm³/mol. The van der Waals surface area contributed by atoms with Crippen molar-refractivity contribution in [3.05, 3.63) is 35.3 Å². The van der Waals surface area contributed by atoms with Crippen molar-refractivity contribution in [3.63, 3.8) is 0 Å². The van der Waals surface area contributed by atoms with E-state index in [0.717, 1.165) is 11.4 Å². The zero-order valence-electron chi connectivity index (χ0n) is 10.9. The van der Waals surface area contributed by atoms with Crippen LogP contribution in [0.4, 0.5) is 0 Å². The summed E-state index contributed by atoms with van der Waals surface area (Å²) in [7, 11) is 0. The number of unbranched alkanes of at least 4 members (excludes halogenated alkanes) is 4. The number of aryl methyl sites for hydroxylation is 1. The van der Waals surface area contributed by atoms with Gasteiger partial charge in [0.1, 0.15) is 10.0 Å². The third-order valence-corrected chi connectivity index (χ3v) is 4.01. The Labute approximate surface area is 113 Å². The molecule has 0 amide bonds. The standard InChI is InChI=1S/C15H20N2S/c1-2-3-4-5-9-12-14-16-17-15(18-14)13-10-7-6-8-11-13/h6-8,10-11H,2-5,9,12H2,1H3. The maximum absolute atomic E-state index is 4.28. The van der Waals surface area contributed by atoms with Crippen molar-refractivity contribution in [2.45, 2.75) is 45.4 Å². The molecule has 0 aliphatic heterocycles. The summed E-state index contributed by atoms with van der Waals surface area (Å²) in [6.07, 6.45) is 7.63. The van der Waals surface area contributed by atoms with E-state index in [2.05, 4.69) is 29.3 Å². The van der Waals surface area contributed by atoms with E-state index in [-0.39, 0.29) is 0 Å². The summed E-state index contributed by atoms with van der Waals surface area (Å²) in [6.45, 7) is 2.25. The van der Waals surface area contributed by atoms with Crippen molar-refractivity contribution in [3.8, 4) is 10.6 Å². The summed E-state index contributed by atoms with van der Waals surface area (Å²) >= 11 is 1.73. The Morgan fingerprint density at radius 2 is 1.72 bits per heavy atom. The number of nitrogens with zero attached hydrogens (tertiary/aromatic N) is 2. The molecule has 0 N–H and O–H groups in total. The second-order valence-electron chi connectivity index (χ2n) is 4.53. The third kappa shape index (κ3) is 3.91. The molecule has 0 radical (unpaired) electrons. The second kappa shape index (κ2) is 7.27. The fourth-order valence-electron chi connectivity index (χ4n) is 1.93. The van der Waals surface area contributed by atoms with Crippen LogP contribution in [0.15, 0.2) is 30.3 Å². The maximum Gasteiger partial charge on any atom is 0.147 e. The first-order valence-corrected chi connectivity index (χ1v) is 7.59. The molecule has 2 nitrogen and oxygen atoms in total. The van der Waals surface area contributed by atoms with Gasteiger partial charge in [-0.25, -0.2) is 0 Å². The quantitative estimate of drug-likeness (QED) is 0.673. The van der Waals surface area contributed by atoms with Gasteiger partial charge in [-0.05, 0) is 6.42 Å². The van der Waals surface area contributed by atoms with E-state index in [1.165, 1.54) is 42.7 Å². The molecule has 0 bridgehead atoms. The Hall–Kier alpha value is -1.22. The Bertz CT molecular complexity index is 451. The summed E-state index contributed by atoms with van der Waals surface area (Å²) < 4.78 is 0. The normalized spacial score (nSPS) is 10.7. The number of hydrogen-bond acceptors (Lipinski definition) is 3. The first-order valence-electron chi connectivity index (χ1n) is 6.78. The first-order chi connectivity index (χ1) is 8.90. The Balaban J connectivity index is 1.83. The number of aromatic nitrogens is 2. The van der Waals surface area contributed by atoms with Crippen molar-refractivity contribution in [2.24, 2.45) is 0 Å². The van der Waals surface area contributed by atoms with Gasteiger partial charge in [-0.2, -0.15) is 0 Å². The molecule has 3 heteroatoms. The Morgan fingerprint density at radius 1 is 0.944 bits per heavy atom. The monoisotopic (exact) mass is 260 g/mol. The van der Waals surface area contributed by atoms with Crippen LogP contribution in [0.1, 0.15) is 44.0 Å². The highest BCUT2D eigenvalue weighted by Crippen LogP contribution is 2.24. The van der Waals surface area contributed by atoms with E-state index in [1.807, 2.05) is 18.2 Å². The van der Waals surface area contributed by atoms with E-state index in [1.54, 1.807) is 11.3 Å². The number of benzene rings is 1. The highest BCUT2D eigenvalue weighted by atomic mass is 32.1. The van der Waals surface area contributed by atoms with Crippen LogP contribution in [-0.4, -0.2) is 10.2 Å². The molecule has 0 fully saturated rings. The summed E-state index contributed by atoms with van der Waals surface area (Å²) in [6, 6.07) is 10.3. The van der Waals surface area contributed by atoms with Crippen LogP contribution in [0, 0.1) is 0 Å². The van der Waals surface area contributed by atoms with E-state index in [9.17, 15) is 0 Å². The molecule has 0 saturated carbocycles. The maximum atomic E-state index is 4.28. The average Bonchev–Trinajstić information content (AvgIpc) is 2.88. The summed E-state index contributed by atoms with van der Waals surface area (Å²) in [5, 5.41) is 10.8. The third-order valence-electron chi connectivity index (χ3n) is 2.98. The molecule has 0 spiro atoms. The van der Waals surface area contributed by atoms with Crippen molar-refractivity contribution in [1.29, 1.82) is 0 Å². The number of hydrogen-bond donors (Lipinski definition) is 0. The lowest BCUT2D eigenvalue weighted by atomic mass is 10.1. The topological polar surface area (TPSA) is 25.8 Å². The molecule has 1 aromatic carbocycles. The minimum absolute atomic E-state index is 1.04. The Morgan fingerprint density at radius 3 is 2.50 bits per heavy atom. The van der Waals surface area contributed by atoms with Crippen LogP contribution in [0.3, 0.4) is 0 Å². The molecule has 96 valence electrons. The van der Waals surface area contributed by atoms with Gasteiger partial charge in [-0.1, -0.05) is 74.3 Å². The molecular formula is C15H20N2S. The van der Waals surface area contributed by atoms with E-state index < -0.39 is 0 Å². The van der Waals surface area contributed by atoms with Crippen molar-refractivity contribution in [1.82, 2.24) is 10.2 Å². The molecule has 18 heavy (non-hydrogen) atoms. The fraction of sp³-hybridized carbons (Fsp3) is 0.467. The lowest BCUT2D eigenvalue weighted by molar-refractivity contribution is 0.630. The molecule has 1 aromatic heterocycles. The zero-order valence-corrected chi connectivity index (χ0v) is 11.7. The summed E-state index contributed by atoms with van der Waals surface area (Å²) in [4.78, 5) is 0. The molecule has 0 saturated heterocycles. The van der Waals surface area contributed by atoms with Crippen LogP contribution in [-0.2, 0) is 6.42 Å². The van der Waals surface area contributed by atoms with Crippen molar-refractivity contribution >= 4 is 11.3 Å². The molecule has 0 aliphatic carbocycles. The molecule has 1 heterocycles. The van der Waals surface area contributed by atoms with Gasteiger partial charge in [-0.3, -0.25) is 0 Å². The highest BCUT2D eigenvalue weighted by Gasteiger charge is 2.05. The minimum Gasteiger partial charge on any atom is -0.143 e. The lowest BCUT2D eigenvalue weighted by Crippen LogP contribution is -1.85. The van der Waals surface area contributed by atoms with Gasteiger partial charge in [0, 0.05) is 12.0 Å². The SMILES string of the molecule is CCCCCCCc1nnc(-c2ccccc2)s1. The van der Waals surface area contributed by atoms with Crippen molar-refractivity contribution in [2.75, 3.05) is 0 Å². The molecular weight excluding hydrogens is 240 g/mol. The van der Waals surface area contributed by atoms with Crippen LogP contribution >= 0.6 is 11.3 Å². The van der Waals surface area contributed by atoms with Gasteiger partial charge in [-0.15, -0.1) is 10.2 Å². The molecule has 0 aliphatic rings. The molecule has 0 atom stereocenters. The smallest absolute Gasteiger partial charge is 0.143 e. The van der Waals surface area contributed by atoms with Crippen LogP contribution in [0.2, 0.25) is 0 Å². The molecule has 2 rings (SSSR count). The minimum atomic E-state index is 1.04. The van der Waals surface area contributed by atoms with Gasteiger partial charge in [0.05, 0.1) is 0 Å². The van der Waals surface area contributed by atoms with Gasteiger partial charge in [0.25, 0.3) is 0 Å². The lowest BCUT2D eigenvalue weighted by Gasteiger charge is -1.96. The average molecular weight is 260 g/mol. The van der Waals surface area contributed by atoms with Gasteiger partial charge in [0.15, 0.2) is 0 Å². The van der Waals surface area contributed by atoms with Gasteiger partial charge in [0.2, 0.25) is 0 Å². The second-order valence-corrected chi connectivity index (χ2v) is 5.59. The van der Waals surface area contributed by atoms with Crippen LogP contribution in [0.25, 0.3) is 10.6 Å². The highest BCUT2D eigenvalue weighted by molar-refractivity contribution is 7.14. The predicted octanol–water partition coefficient (Wildman–Crippen LogP) is 4.72. The Kier molecular flexibility index (Phi) is 5.34. The summed E-state index contributed by atoms with van der Waals surface area (Å²) in [5.74, 6) is 0. The largest absolute Gasteiger partial charge is 0.147 e. The van der Waals surface area contributed by atoms with Gasteiger partial charge < -0.3 is 0 Å². The van der Waals surface area contributed by atoms with Gasteiger partial charge >= 0.3 is 0 Å². The summed E-state index contributed by atoms with van der Waals surface area (Å²) in [5.41, 5.74) is 1.17. The first kappa shape index (κ1) is 13.2. The van der Waals surface area contributed by atoms with Crippen LogP contribution in [0.5, 0.6) is 0 Å². The van der Waals surface area contributed by atoms with E-state index in [4.69, 9.17) is 0 Å².